The first-order valence-electron chi connectivity index (χ1n) is 9.69. The van der Waals surface area contributed by atoms with Crippen LogP contribution in [-0.4, -0.2) is 21.9 Å². The molecule has 0 bridgehead atoms. The van der Waals surface area contributed by atoms with Gasteiger partial charge in [0.15, 0.2) is 11.7 Å². The summed E-state index contributed by atoms with van der Waals surface area (Å²) in [6, 6.07) is 6.89. The predicted octanol–water partition coefficient (Wildman–Crippen LogP) is 7.12. The first kappa shape index (κ1) is 24.2. The highest BCUT2D eigenvalue weighted by atomic mass is 35.5. The number of nitrogens with one attached hydrogen (secondary N) is 2. The number of amides is 1. The third-order valence-electron chi connectivity index (χ3n) is 5.24. The van der Waals surface area contributed by atoms with E-state index in [4.69, 9.17) is 23.2 Å². The van der Waals surface area contributed by atoms with Gasteiger partial charge in [0.25, 0.3) is 5.91 Å². The molecule has 0 spiro atoms. The summed E-state index contributed by atoms with van der Waals surface area (Å²) in [5.41, 5.74) is -1.29. The van der Waals surface area contributed by atoms with E-state index < -0.39 is 48.0 Å². The van der Waals surface area contributed by atoms with Gasteiger partial charge in [-0.15, -0.1) is 0 Å². The Morgan fingerprint density at radius 1 is 1.03 bits per heavy atom. The standard InChI is InChI=1S/C21H14Cl2F6N4O/c22-12-4-1-10(2-5-12)14-8-17(21(27,28)29)33-18(30-14)9-16(32-33)19(34)31-15-7-11(20(24,25)26)3-6-13(15)23/h1-7,9,14,17,30H,8H2,(H,31,34)/t14-,17-/m0/s1. The van der Waals surface area contributed by atoms with Crippen molar-refractivity contribution >= 4 is 40.6 Å². The molecule has 5 nitrogen and oxygen atoms in total. The zero-order valence-electron chi connectivity index (χ0n) is 16.8. The van der Waals surface area contributed by atoms with Gasteiger partial charge in [-0.05, 0) is 35.9 Å². The fourth-order valence-electron chi connectivity index (χ4n) is 3.58. The number of fused-ring (bicyclic) bond motifs is 1. The molecule has 0 fully saturated rings. The van der Waals surface area contributed by atoms with Crippen LogP contribution >= 0.6 is 23.2 Å². The fraction of sp³-hybridized carbons (Fsp3) is 0.238. The normalized spacial score (nSPS) is 18.2. The summed E-state index contributed by atoms with van der Waals surface area (Å²) in [4.78, 5) is 12.6. The lowest BCUT2D eigenvalue weighted by molar-refractivity contribution is -0.173. The zero-order chi connectivity index (χ0) is 24.8. The monoisotopic (exact) mass is 522 g/mol. The Kier molecular flexibility index (Phi) is 6.19. The minimum atomic E-state index is -4.68. The second-order valence-electron chi connectivity index (χ2n) is 7.55. The minimum absolute atomic E-state index is 0.0752. The van der Waals surface area contributed by atoms with Crippen molar-refractivity contribution in [3.05, 3.63) is 75.4 Å². The second kappa shape index (κ2) is 8.70. The Bertz CT molecular complexity index is 1220. The summed E-state index contributed by atoms with van der Waals surface area (Å²) in [5, 5.41) is 9.11. The van der Waals surface area contributed by atoms with Crippen molar-refractivity contribution in [2.75, 3.05) is 10.6 Å². The number of carbonyl (C=O) groups is 1. The number of aromatic nitrogens is 2. The van der Waals surface area contributed by atoms with Crippen LogP contribution in [0.25, 0.3) is 0 Å². The van der Waals surface area contributed by atoms with Gasteiger partial charge in [0.05, 0.1) is 22.3 Å². The summed E-state index contributed by atoms with van der Waals surface area (Å²) in [6.45, 7) is 0. The van der Waals surface area contributed by atoms with Gasteiger partial charge in [-0.3, -0.25) is 4.79 Å². The number of hydrogen-bond donors (Lipinski definition) is 2. The number of benzene rings is 2. The maximum absolute atomic E-state index is 13.8. The molecule has 1 aromatic heterocycles. The average molecular weight is 523 g/mol. The molecule has 2 atom stereocenters. The van der Waals surface area contributed by atoms with Crippen LogP contribution in [0, 0.1) is 0 Å². The van der Waals surface area contributed by atoms with Crippen LogP contribution in [0.5, 0.6) is 0 Å². The van der Waals surface area contributed by atoms with Gasteiger partial charge in [-0.2, -0.15) is 31.4 Å². The van der Waals surface area contributed by atoms with E-state index in [1.165, 1.54) is 0 Å². The van der Waals surface area contributed by atoms with E-state index in [9.17, 15) is 31.1 Å². The summed E-state index contributed by atoms with van der Waals surface area (Å²) < 4.78 is 81.0. The molecular formula is C21H14Cl2F6N4O. The molecule has 2 heterocycles. The molecule has 0 unspecified atom stereocenters. The topological polar surface area (TPSA) is 59.0 Å². The van der Waals surface area contributed by atoms with Crippen LogP contribution in [0.4, 0.5) is 37.8 Å². The van der Waals surface area contributed by atoms with Gasteiger partial charge in [0.2, 0.25) is 0 Å². The number of halogens is 8. The molecule has 34 heavy (non-hydrogen) atoms. The average Bonchev–Trinajstić information content (AvgIpc) is 3.18. The van der Waals surface area contributed by atoms with E-state index in [1.54, 1.807) is 24.3 Å². The number of carbonyl (C=O) groups excluding carboxylic acids is 1. The molecule has 3 aromatic rings. The number of hydrogen-bond acceptors (Lipinski definition) is 3. The fourth-order valence-corrected chi connectivity index (χ4v) is 3.87. The number of nitrogens with zero attached hydrogens (tertiary/aromatic N) is 2. The van der Waals surface area contributed by atoms with Crippen molar-refractivity contribution in [2.45, 2.75) is 30.9 Å². The molecule has 2 aromatic carbocycles. The minimum Gasteiger partial charge on any atom is -0.363 e. The van der Waals surface area contributed by atoms with E-state index in [0.29, 0.717) is 21.3 Å². The maximum Gasteiger partial charge on any atom is 0.416 e. The van der Waals surface area contributed by atoms with Gasteiger partial charge in [0.1, 0.15) is 5.82 Å². The molecule has 0 radical (unpaired) electrons. The summed E-state index contributed by atoms with van der Waals surface area (Å²) in [5.74, 6) is -1.09. The Morgan fingerprint density at radius 3 is 2.32 bits per heavy atom. The van der Waals surface area contributed by atoms with Crippen LogP contribution in [0.15, 0.2) is 48.5 Å². The maximum atomic E-state index is 13.8. The largest absolute Gasteiger partial charge is 0.416 e. The molecule has 0 saturated carbocycles. The van der Waals surface area contributed by atoms with Crippen molar-refractivity contribution in [3.63, 3.8) is 0 Å². The number of anilines is 2. The van der Waals surface area contributed by atoms with Gasteiger partial charge >= 0.3 is 12.4 Å². The lowest BCUT2D eigenvalue weighted by Gasteiger charge is -2.33. The van der Waals surface area contributed by atoms with Gasteiger partial charge < -0.3 is 10.6 Å². The SMILES string of the molecule is O=C(Nc1cc(C(F)(F)F)ccc1Cl)c1cc2n(n1)[C@H](C(F)(F)F)C[C@@H](c1ccc(Cl)cc1)N2. The lowest BCUT2D eigenvalue weighted by atomic mass is 9.97. The third-order valence-corrected chi connectivity index (χ3v) is 5.82. The third kappa shape index (κ3) is 4.95. The van der Waals surface area contributed by atoms with E-state index >= 15 is 0 Å². The lowest BCUT2D eigenvalue weighted by Crippen LogP contribution is -2.35. The Balaban J connectivity index is 1.64. The van der Waals surface area contributed by atoms with E-state index in [0.717, 1.165) is 18.2 Å². The molecule has 4 rings (SSSR count). The molecule has 0 saturated heterocycles. The molecule has 1 amide bonds. The predicted molar refractivity (Wildman–Crippen MR) is 114 cm³/mol. The molecule has 13 heteroatoms. The van der Waals surface area contributed by atoms with E-state index in [1.807, 2.05) is 0 Å². The van der Waals surface area contributed by atoms with Crippen molar-refractivity contribution < 1.29 is 31.1 Å². The van der Waals surface area contributed by atoms with Crippen molar-refractivity contribution in [1.29, 1.82) is 0 Å². The second-order valence-corrected chi connectivity index (χ2v) is 8.39. The summed E-state index contributed by atoms with van der Waals surface area (Å²) >= 11 is 11.7. The van der Waals surface area contributed by atoms with Crippen molar-refractivity contribution in [1.82, 2.24) is 9.78 Å². The van der Waals surface area contributed by atoms with Crippen LogP contribution in [0.2, 0.25) is 10.0 Å². The molecule has 180 valence electrons. The van der Waals surface area contributed by atoms with Crippen molar-refractivity contribution in [3.8, 4) is 0 Å². The number of alkyl halides is 6. The van der Waals surface area contributed by atoms with Crippen LogP contribution in [0.1, 0.15) is 40.1 Å². The van der Waals surface area contributed by atoms with Gasteiger partial charge in [-0.1, -0.05) is 35.3 Å². The Labute approximate surface area is 198 Å². The molecule has 2 N–H and O–H groups in total. The van der Waals surface area contributed by atoms with Crippen LogP contribution < -0.4 is 10.6 Å². The highest BCUT2D eigenvalue weighted by Gasteiger charge is 2.46. The van der Waals surface area contributed by atoms with Crippen molar-refractivity contribution in [2.24, 2.45) is 0 Å². The summed E-state index contributed by atoms with van der Waals surface area (Å²) in [7, 11) is 0. The molecular weight excluding hydrogens is 509 g/mol. The smallest absolute Gasteiger partial charge is 0.363 e. The van der Waals surface area contributed by atoms with E-state index in [2.05, 4.69) is 15.7 Å². The Hall–Kier alpha value is -2.92. The Morgan fingerprint density at radius 2 is 1.71 bits per heavy atom. The van der Waals surface area contributed by atoms with Crippen LogP contribution in [0.3, 0.4) is 0 Å². The highest BCUT2D eigenvalue weighted by molar-refractivity contribution is 6.34. The van der Waals surface area contributed by atoms with Gasteiger partial charge in [0, 0.05) is 17.5 Å². The van der Waals surface area contributed by atoms with E-state index in [-0.39, 0.29) is 16.5 Å². The first-order chi connectivity index (χ1) is 15.8. The van der Waals surface area contributed by atoms with Crippen LogP contribution in [-0.2, 0) is 6.18 Å². The molecule has 0 aliphatic carbocycles. The first-order valence-corrected chi connectivity index (χ1v) is 10.4. The zero-order valence-corrected chi connectivity index (χ0v) is 18.3. The quantitative estimate of drug-likeness (QED) is 0.360. The van der Waals surface area contributed by atoms with Gasteiger partial charge in [-0.25, -0.2) is 4.68 Å². The highest BCUT2D eigenvalue weighted by Crippen LogP contribution is 2.44. The molecule has 1 aliphatic rings. The summed E-state index contributed by atoms with van der Waals surface area (Å²) in [6.07, 6.45) is -9.76. The number of rotatable bonds is 3. The molecule has 1 aliphatic heterocycles.